The van der Waals surface area contributed by atoms with Crippen molar-refractivity contribution in [2.24, 2.45) is 0 Å². The van der Waals surface area contributed by atoms with Crippen molar-refractivity contribution in [3.63, 3.8) is 0 Å². The molecule has 0 radical (unpaired) electrons. The summed E-state index contributed by atoms with van der Waals surface area (Å²) in [7, 11) is 1.87. The molecule has 0 fully saturated rings. The van der Waals surface area contributed by atoms with Crippen LogP contribution in [-0.4, -0.2) is 34.1 Å². The Morgan fingerprint density at radius 2 is 2.31 bits per heavy atom. The van der Waals surface area contributed by atoms with Crippen LogP contribution in [0.3, 0.4) is 0 Å². The Morgan fingerprint density at radius 1 is 1.62 bits per heavy atom. The predicted octanol–water partition coefficient (Wildman–Crippen LogP) is 1.60. The minimum atomic E-state index is -0.202. The Hall–Kier alpha value is -0.580. The van der Waals surface area contributed by atoms with Gasteiger partial charge in [0.25, 0.3) is 0 Å². The molecule has 92 valence electrons. The molecule has 0 spiro atoms. The molecule has 0 bridgehead atoms. The molecule has 16 heavy (non-hydrogen) atoms. The highest BCUT2D eigenvalue weighted by molar-refractivity contribution is 6.31. The zero-order valence-electron chi connectivity index (χ0n) is 10.1. The molecule has 1 heterocycles. The van der Waals surface area contributed by atoms with Gasteiger partial charge in [0.15, 0.2) is 0 Å². The number of nitrogens with zero attached hydrogens (tertiary/aromatic N) is 2. The number of aliphatic hydroxyl groups excluding tert-OH is 1. The van der Waals surface area contributed by atoms with Crippen molar-refractivity contribution in [3.8, 4) is 0 Å². The third-order valence-corrected chi connectivity index (χ3v) is 3.33. The zero-order valence-corrected chi connectivity index (χ0v) is 10.9. The summed E-state index contributed by atoms with van der Waals surface area (Å²) in [5.74, 6) is 0. The number of nitrogens with one attached hydrogen (secondary N) is 1. The van der Waals surface area contributed by atoms with Crippen molar-refractivity contribution in [3.05, 3.63) is 16.9 Å². The van der Waals surface area contributed by atoms with Crippen LogP contribution in [0.15, 0.2) is 6.20 Å². The summed E-state index contributed by atoms with van der Waals surface area (Å²) in [5, 5.41) is 17.3. The van der Waals surface area contributed by atoms with Crippen LogP contribution in [0.2, 0.25) is 5.02 Å². The van der Waals surface area contributed by atoms with Crippen molar-refractivity contribution in [1.29, 1.82) is 0 Å². The Balaban J connectivity index is 2.41. The van der Waals surface area contributed by atoms with E-state index in [2.05, 4.69) is 10.4 Å². The van der Waals surface area contributed by atoms with Gasteiger partial charge in [0, 0.05) is 18.3 Å². The van der Waals surface area contributed by atoms with Gasteiger partial charge in [0.05, 0.1) is 17.3 Å². The molecule has 1 atom stereocenters. The maximum atomic E-state index is 9.22. The SMILES string of the molecule is CNC(C)(CO)CCCn1cc(Cl)c(C)n1. The third kappa shape index (κ3) is 3.47. The first-order chi connectivity index (χ1) is 7.50. The van der Waals surface area contributed by atoms with Gasteiger partial charge in [-0.1, -0.05) is 11.6 Å². The quantitative estimate of drug-likeness (QED) is 0.801. The summed E-state index contributed by atoms with van der Waals surface area (Å²) in [5.41, 5.74) is 0.659. The number of hydrogen-bond donors (Lipinski definition) is 2. The first-order valence-electron chi connectivity index (χ1n) is 5.50. The maximum absolute atomic E-state index is 9.22. The summed E-state index contributed by atoms with van der Waals surface area (Å²) in [6.07, 6.45) is 3.69. The molecular formula is C11H20ClN3O. The Bertz CT molecular complexity index is 314. The van der Waals surface area contributed by atoms with E-state index in [1.807, 2.05) is 31.8 Å². The lowest BCUT2D eigenvalue weighted by molar-refractivity contribution is 0.169. The summed E-state index contributed by atoms with van der Waals surface area (Å²) in [6.45, 7) is 4.87. The molecule has 0 aromatic carbocycles. The van der Waals surface area contributed by atoms with E-state index in [0.29, 0.717) is 5.02 Å². The molecule has 4 nitrogen and oxygen atoms in total. The molecule has 1 rings (SSSR count). The van der Waals surface area contributed by atoms with Crippen LogP contribution in [0, 0.1) is 6.92 Å². The summed E-state index contributed by atoms with van der Waals surface area (Å²) < 4.78 is 1.85. The highest BCUT2D eigenvalue weighted by Crippen LogP contribution is 2.15. The van der Waals surface area contributed by atoms with E-state index in [1.54, 1.807) is 0 Å². The van der Waals surface area contributed by atoms with Crippen LogP contribution < -0.4 is 5.32 Å². The largest absolute Gasteiger partial charge is 0.394 e. The molecule has 0 saturated heterocycles. The molecule has 1 aromatic rings. The second-order valence-electron chi connectivity index (χ2n) is 4.40. The molecule has 0 aliphatic carbocycles. The van der Waals surface area contributed by atoms with Gasteiger partial charge in [-0.05, 0) is 33.7 Å². The molecule has 5 heteroatoms. The number of hydrogen-bond acceptors (Lipinski definition) is 3. The van der Waals surface area contributed by atoms with Crippen LogP contribution in [0.25, 0.3) is 0 Å². The maximum Gasteiger partial charge on any atom is 0.0814 e. The molecule has 1 unspecified atom stereocenters. The number of likely N-dealkylation sites (N-methyl/N-ethyl adjacent to an activating group) is 1. The number of aliphatic hydroxyl groups is 1. The Morgan fingerprint density at radius 3 is 2.75 bits per heavy atom. The van der Waals surface area contributed by atoms with Crippen LogP contribution in [-0.2, 0) is 6.54 Å². The smallest absolute Gasteiger partial charge is 0.0814 e. The topological polar surface area (TPSA) is 50.1 Å². The van der Waals surface area contributed by atoms with E-state index in [9.17, 15) is 5.11 Å². The fourth-order valence-corrected chi connectivity index (χ4v) is 1.67. The number of aryl methyl sites for hydroxylation is 2. The van der Waals surface area contributed by atoms with E-state index in [-0.39, 0.29) is 12.1 Å². The van der Waals surface area contributed by atoms with Crippen LogP contribution in [0.5, 0.6) is 0 Å². The van der Waals surface area contributed by atoms with Gasteiger partial charge in [-0.2, -0.15) is 5.10 Å². The third-order valence-electron chi connectivity index (χ3n) is 2.95. The summed E-state index contributed by atoms with van der Waals surface area (Å²) in [6, 6.07) is 0. The average molecular weight is 246 g/mol. The predicted molar refractivity (Wildman–Crippen MR) is 65.8 cm³/mol. The van der Waals surface area contributed by atoms with E-state index < -0.39 is 0 Å². The molecule has 0 aliphatic heterocycles. The average Bonchev–Trinajstić information content (AvgIpc) is 2.58. The molecule has 1 aromatic heterocycles. The Labute approximate surface area is 102 Å². The summed E-state index contributed by atoms with van der Waals surface area (Å²) >= 11 is 5.92. The van der Waals surface area contributed by atoms with Gasteiger partial charge in [0.1, 0.15) is 0 Å². The minimum Gasteiger partial charge on any atom is -0.394 e. The fourth-order valence-electron chi connectivity index (χ4n) is 1.52. The lowest BCUT2D eigenvalue weighted by atomic mass is 9.97. The highest BCUT2D eigenvalue weighted by Gasteiger charge is 2.19. The number of halogens is 1. The van der Waals surface area contributed by atoms with Crippen LogP contribution in [0.4, 0.5) is 0 Å². The van der Waals surface area contributed by atoms with Crippen LogP contribution >= 0.6 is 11.6 Å². The number of rotatable bonds is 6. The van der Waals surface area contributed by atoms with Gasteiger partial charge in [0.2, 0.25) is 0 Å². The molecule has 0 saturated carbocycles. The second-order valence-corrected chi connectivity index (χ2v) is 4.81. The Kier molecular flexibility index (Phi) is 4.77. The first-order valence-corrected chi connectivity index (χ1v) is 5.88. The second kappa shape index (κ2) is 5.66. The van der Waals surface area contributed by atoms with Gasteiger partial charge in [-0.15, -0.1) is 0 Å². The number of aromatic nitrogens is 2. The van der Waals surface area contributed by atoms with Crippen LogP contribution in [0.1, 0.15) is 25.5 Å². The van der Waals surface area contributed by atoms with E-state index in [0.717, 1.165) is 25.1 Å². The van der Waals surface area contributed by atoms with Crippen molar-refractivity contribution < 1.29 is 5.11 Å². The first kappa shape index (κ1) is 13.5. The standard InChI is InChI=1S/C11H20ClN3O/c1-9-10(12)7-15(14-9)6-4-5-11(2,8-16)13-3/h7,13,16H,4-6,8H2,1-3H3. The zero-order chi connectivity index (χ0) is 12.2. The highest BCUT2D eigenvalue weighted by atomic mass is 35.5. The van der Waals surface area contributed by atoms with Gasteiger partial charge >= 0.3 is 0 Å². The van der Waals surface area contributed by atoms with E-state index >= 15 is 0 Å². The molecule has 2 N–H and O–H groups in total. The fraction of sp³-hybridized carbons (Fsp3) is 0.727. The van der Waals surface area contributed by atoms with E-state index in [4.69, 9.17) is 11.6 Å². The van der Waals surface area contributed by atoms with Crippen molar-refractivity contribution in [1.82, 2.24) is 15.1 Å². The summed E-state index contributed by atoms with van der Waals surface area (Å²) in [4.78, 5) is 0. The minimum absolute atomic E-state index is 0.141. The van der Waals surface area contributed by atoms with Gasteiger partial charge < -0.3 is 10.4 Å². The van der Waals surface area contributed by atoms with Gasteiger partial charge in [-0.3, -0.25) is 4.68 Å². The van der Waals surface area contributed by atoms with E-state index in [1.165, 1.54) is 0 Å². The normalized spacial score (nSPS) is 15.1. The lowest BCUT2D eigenvalue weighted by Crippen LogP contribution is -2.43. The van der Waals surface area contributed by atoms with Crippen molar-refractivity contribution >= 4 is 11.6 Å². The van der Waals surface area contributed by atoms with Crippen molar-refractivity contribution in [2.75, 3.05) is 13.7 Å². The lowest BCUT2D eigenvalue weighted by Gasteiger charge is -2.26. The van der Waals surface area contributed by atoms with Crippen molar-refractivity contribution in [2.45, 2.75) is 38.8 Å². The molecule has 0 amide bonds. The monoisotopic (exact) mass is 245 g/mol. The molecule has 0 aliphatic rings. The van der Waals surface area contributed by atoms with Gasteiger partial charge in [-0.25, -0.2) is 0 Å². The molecular weight excluding hydrogens is 226 g/mol.